The Kier molecular flexibility index (Phi) is 4.01. The molecule has 90 valence electrons. The van der Waals surface area contributed by atoms with E-state index >= 15 is 0 Å². The van der Waals surface area contributed by atoms with E-state index in [1.807, 2.05) is 6.07 Å². The summed E-state index contributed by atoms with van der Waals surface area (Å²) >= 11 is 10.5. The van der Waals surface area contributed by atoms with E-state index in [2.05, 4.69) is 21.2 Å². The van der Waals surface area contributed by atoms with Crippen LogP contribution in [0.5, 0.6) is 0 Å². The molecule has 0 aliphatic rings. The van der Waals surface area contributed by atoms with Gasteiger partial charge in [0.15, 0.2) is 0 Å². The van der Waals surface area contributed by atoms with Crippen molar-refractivity contribution in [3.63, 3.8) is 0 Å². The van der Waals surface area contributed by atoms with Crippen LogP contribution in [0.2, 0.25) is 4.34 Å². The van der Waals surface area contributed by atoms with Crippen LogP contribution < -0.4 is 5.32 Å². The summed E-state index contributed by atoms with van der Waals surface area (Å²) in [7, 11) is 0. The number of thiophene rings is 1. The van der Waals surface area contributed by atoms with Gasteiger partial charge in [-0.05, 0) is 40.2 Å². The fourth-order valence-corrected chi connectivity index (χ4v) is 3.02. The van der Waals surface area contributed by atoms with Gasteiger partial charge in [0, 0.05) is 15.9 Å². The molecule has 1 aromatic carbocycles. The first-order chi connectivity index (χ1) is 8.06. The molecular weight excluding hydrogens is 332 g/mol. The number of hydrogen-bond donors (Lipinski definition) is 1. The molecule has 0 aliphatic carbocycles. The molecule has 6 heteroatoms. The van der Waals surface area contributed by atoms with Gasteiger partial charge in [-0.2, -0.15) is 0 Å². The van der Waals surface area contributed by atoms with E-state index in [1.54, 1.807) is 0 Å². The zero-order valence-corrected chi connectivity index (χ0v) is 11.6. The minimum Gasteiger partial charge on any atom is -0.378 e. The summed E-state index contributed by atoms with van der Waals surface area (Å²) in [5, 5.41) is 2.83. The van der Waals surface area contributed by atoms with Crippen molar-refractivity contribution in [2.45, 2.75) is 6.54 Å². The Labute approximate surface area is 115 Å². The maximum atomic E-state index is 13.3. The van der Waals surface area contributed by atoms with E-state index in [9.17, 15) is 8.78 Å². The van der Waals surface area contributed by atoms with E-state index in [0.717, 1.165) is 27.5 Å². The third-order valence-electron chi connectivity index (χ3n) is 2.08. The molecule has 0 saturated heterocycles. The lowest BCUT2D eigenvalue weighted by molar-refractivity contribution is 0.602. The fraction of sp³-hybridized carbons (Fsp3) is 0.0909. The van der Waals surface area contributed by atoms with Crippen LogP contribution in [-0.2, 0) is 6.54 Å². The number of halogens is 4. The Bertz CT molecular complexity index is 525. The topological polar surface area (TPSA) is 12.0 Å². The molecule has 0 fully saturated rings. The van der Waals surface area contributed by atoms with Crippen molar-refractivity contribution in [3.05, 3.63) is 49.6 Å². The van der Waals surface area contributed by atoms with Gasteiger partial charge in [0.2, 0.25) is 0 Å². The summed E-state index contributed by atoms with van der Waals surface area (Å²) in [5.41, 5.74) is 0.144. The highest BCUT2D eigenvalue weighted by Gasteiger charge is 2.06. The maximum absolute atomic E-state index is 13.3. The number of nitrogens with one attached hydrogen (secondary N) is 1. The predicted octanol–water partition coefficient (Wildman–Crippen LogP) is 5.05. The normalized spacial score (nSPS) is 10.6. The smallest absolute Gasteiger partial charge is 0.146 e. The highest BCUT2D eigenvalue weighted by atomic mass is 79.9. The van der Waals surface area contributed by atoms with E-state index in [0.29, 0.717) is 10.9 Å². The highest BCUT2D eigenvalue weighted by Crippen LogP contribution is 2.32. The molecule has 0 aliphatic heterocycles. The zero-order chi connectivity index (χ0) is 12.4. The van der Waals surface area contributed by atoms with Gasteiger partial charge < -0.3 is 5.32 Å². The maximum Gasteiger partial charge on any atom is 0.146 e. The molecular formula is C11H7BrClF2NS. The molecule has 0 radical (unpaired) electrons. The molecule has 2 rings (SSSR count). The summed E-state index contributed by atoms with van der Waals surface area (Å²) in [6, 6.07) is 5.14. The van der Waals surface area contributed by atoms with Crippen molar-refractivity contribution in [1.82, 2.24) is 0 Å². The van der Waals surface area contributed by atoms with Gasteiger partial charge in [-0.25, -0.2) is 8.78 Å². The second kappa shape index (κ2) is 5.33. The summed E-state index contributed by atoms with van der Waals surface area (Å²) in [4.78, 5) is 0.936. The molecule has 17 heavy (non-hydrogen) atoms. The van der Waals surface area contributed by atoms with E-state index in [4.69, 9.17) is 11.6 Å². The quantitative estimate of drug-likeness (QED) is 0.825. The summed E-state index contributed by atoms with van der Waals surface area (Å²) in [6.45, 7) is 0.399. The standard InChI is InChI=1S/C11H7BrClF2NS/c12-8-4-7(17-11(8)13)5-16-10-3-6(14)1-2-9(10)15/h1-4,16H,5H2. The molecule has 2 aromatic rings. The minimum atomic E-state index is -0.479. The Balaban J connectivity index is 2.09. The molecule has 1 nitrogen and oxygen atoms in total. The minimum absolute atomic E-state index is 0.144. The van der Waals surface area contributed by atoms with E-state index in [-0.39, 0.29) is 5.69 Å². The number of rotatable bonds is 3. The molecule has 0 bridgehead atoms. The fourth-order valence-electron chi connectivity index (χ4n) is 1.29. The van der Waals surface area contributed by atoms with Crippen LogP contribution in [0.1, 0.15) is 4.88 Å². The third-order valence-corrected chi connectivity index (χ3v) is 4.55. The Hall–Kier alpha value is -0.650. The summed E-state index contributed by atoms with van der Waals surface area (Å²) in [6.07, 6.45) is 0. The van der Waals surface area contributed by atoms with Crippen LogP contribution in [0.25, 0.3) is 0 Å². The van der Waals surface area contributed by atoms with Gasteiger partial charge in [-0.1, -0.05) is 11.6 Å². The number of benzene rings is 1. The van der Waals surface area contributed by atoms with Crippen LogP contribution in [0, 0.1) is 11.6 Å². The lowest BCUT2D eigenvalue weighted by atomic mass is 10.3. The molecule has 0 atom stereocenters. The second-order valence-corrected chi connectivity index (χ2v) is 5.91. The zero-order valence-electron chi connectivity index (χ0n) is 8.44. The van der Waals surface area contributed by atoms with Crippen molar-refractivity contribution in [2.75, 3.05) is 5.32 Å². The molecule has 0 spiro atoms. The lowest BCUT2D eigenvalue weighted by Gasteiger charge is -2.05. The molecule has 0 unspecified atom stereocenters. The first-order valence-corrected chi connectivity index (χ1v) is 6.67. The van der Waals surface area contributed by atoms with Crippen molar-refractivity contribution >= 4 is 44.6 Å². The average Bonchev–Trinajstić information content (AvgIpc) is 2.60. The molecule has 0 saturated carbocycles. The van der Waals surface area contributed by atoms with E-state index < -0.39 is 11.6 Å². The van der Waals surface area contributed by atoms with Crippen molar-refractivity contribution in [2.24, 2.45) is 0 Å². The molecule has 1 N–H and O–H groups in total. The van der Waals surface area contributed by atoms with Crippen molar-refractivity contribution < 1.29 is 8.78 Å². The molecule has 1 aromatic heterocycles. The first kappa shape index (κ1) is 12.8. The van der Waals surface area contributed by atoms with Crippen molar-refractivity contribution in [3.8, 4) is 0 Å². The highest BCUT2D eigenvalue weighted by molar-refractivity contribution is 9.10. The molecule has 1 heterocycles. The van der Waals surface area contributed by atoms with Gasteiger partial charge in [-0.15, -0.1) is 11.3 Å². The first-order valence-electron chi connectivity index (χ1n) is 4.69. The summed E-state index contributed by atoms with van der Waals surface area (Å²) in [5.74, 6) is -0.951. The Morgan fingerprint density at radius 2 is 2.06 bits per heavy atom. The SMILES string of the molecule is Fc1ccc(F)c(NCc2cc(Br)c(Cl)s2)c1. The van der Waals surface area contributed by atoms with Gasteiger partial charge in [-0.3, -0.25) is 0 Å². The van der Waals surface area contributed by atoms with Crippen molar-refractivity contribution in [1.29, 1.82) is 0 Å². The average molecular weight is 339 g/mol. The van der Waals surface area contributed by atoms with Gasteiger partial charge >= 0.3 is 0 Å². The van der Waals surface area contributed by atoms with Crippen LogP contribution >= 0.6 is 38.9 Å². The predicted molar refractivity (Wildman–Crippen MR) is 70.7 cm³/mol. The largest absolute Gasteiger partial charge is 0.378 e. The van der Waals surface area contributed by atoms with Crippen LogP contribution in [0.15, 0.2) is 28.7 Å². The third kappa shape index (κ3) is 3.18. The van der Waals surface area contributed by atoms with Crippen LogP contribution in [-0.4, -0.2) is 0 Å². The Morgan fingerprint density at radius 1 is 1.29 bits per heavy atom. The van der Waals surface area contributed by atoms with E-state index in [1.165, 1.54) is 11.3 Å². The second-order valence-electron chi connectivity index (χ2n) is 3.31. The Morgan fingerprint density at radius 3 is 2.71 bits per heavy atom. The number of anilines is 1. The van der Waals surface area contributed by atoms with Crippen LogP contribution in [0.3, 0.4) is 0 Å². The lowest BCUT2D eigenvalue weighted by Crippen LogP contribution is -2.00. The van der Waals surface area contributed by atoms with Gasteiger partial charge in [0.05, 0.1) is 5.69 Å². The molecule has 0 amide bonds. The summed E-state index contributed by atoms with van der Waals surface area (Å²) < 4.78 is 27.7. The number of hydrogen-bond acceptors (Lipinski definition) is 2. The van der Waals surface area contributed by atoms with Gasteiger partial charge in [0.1, 0.15) is 16.0 Å². The van der Waals surface area contributed by atoms with Gasteiger partial charge in [0.25, 0.3) is 0 Å². The van der Waals surface area contributed by atoms with Crippen LogP contribution in [0.4, 0.5) is 14.5 Å². The monoisotopic (exact) mass is 337 g/mol.